The Morgan fingerprint density at radius 3 is 2.86 bits per heavy atom. The van der Waals surface area contributed by atoms with Crippen molar-refractivity contribution in [3.8, 4) is 11.5 Å². The SMILES string of the molecule is COc1ccc(CCNc2ncnc3c2ncn3[C@H]2CC(O)=C(CO)O2)cc1O. The topological polar surface area (TPSA) is 135 Å². The van der Waals surface area contributed by atoms with Gasteiger partial charge in [0.2, 0.25) is 0 Å². The van der Waals surface area contributed by atoms with Crippen molar-refractivity contribution in [3.63, 3.8) is 0 Å². The molecule has 0 spiro atoms. The Hall–Kier alpha value is -3.53. The van der Waals surface area contributed by atoms with E-state index < -0.39 is 6.23 Å². The largest absolute Gasteiger partial charge is 0.508 e. The number of benzene rings is 1. The molecule has 10 heteroatoms. The number of aliphatic hydroxyl groups excluding tert-OH is 2. The van der Waals surface area contributed by atoms with Crippen LogP contribution < -0.4 is 10.1 Å². The summed E-state index contributed by atoms with van der Waals surface area (Å²) in [5.74, 6) is 1.29. The molecule has 3 heterocycles. The van der Waals surface area contributed by atoms with Gasteiger partial charge in [0.05, 0.1) is 13.5 Å². The molecule has 4 rings (SSSR count). The summed E-state index contributed by atoms with van der Waals surface area (Å²) in [7, 11) is 1.51. The minimum Gasteiger partial charge on any atom is -0.508 e. The fraction of sp³-hybridized carbons (Fsp3) is 0.316. The van der Waals surface area contributed by atoms with Crippen molar-refractivity contribution >= 4 is 17.0 Å². The van der Waals surface area contributed by atoms with Crippen LogP contribution in [0.25, 0.3) is 11.2 Å². The van der Waals surface area contributed by atoms with Crippen molar-refractivity contribution in [2.45, 2.75) is 19.1 Å². The summed E-state index contributed by atoms with van der Waals surface area (Å²) in [5.41, 5.74) is 2.08. The van der Waals surface area contributed by atoms with Gasteiger partial charge in [0.25, 0.3) is 0 Å². The Balaban J connectivity index is 1.47. The third kappa shape index (κ3) is 3.61. The fourth-order valence-corrected chi connectivity index (χ4v) is 3.25. The van der Waals surface area contributed by atoms with E-state index in [1.807, 2.05) is 6.07 Å². The minimum absolute atomic E-state index is 0.0227. The second kappa shape index (κ2) is 7.84. The molecular weight excluding hydrogens is 378 g/mol. The van der Waals surface area contributed by atoms with Gasteiger partial charge in [-0.3, -0.25) is 4.57 Å². The highest BCUT2D eigenvalue weighted by atomic mass is 16.5. The number of nitrogens with one attached hydrogen (secondary N) is 1. The number of hydrogen-bond acceptors (Lipinski definition) is 9. The summed E-state index contributed by atoms with van der Waals surface area (Å²) in [6.07, 6.45) is 3.37. The maximum Gasteiger partial charge on any atom is 0.185 e. The monoisotopic (exact) mass is 399 g/mol. The summed E-state index contributed by atoms with van der Waals surface area (Å²) in [6, 6.07) is 5.28. The zero-order chi connectivity index (χ0) is 20.4. The number of rotatable bonds is 7. The highest BCUT2D eigenvalue weighted by Gasteiger charge is 2.28. The number of fused-ring (bicyclic) bond motifs is 1. The quantitative estimate of drug-likeness (QED) is 0.469. The number of nitrogens with zero attached hydrogens (tertiary/aromatic N) is 4. The number of aromatic nitrogens is 4. The van der Waals surface area contributed by atoms with Crippen LogP contribution in [0.15, 0.2) is 42.4 Å². The first-order valence-corrected chi connectivity index (χ1v) is 9.06. The highest BCUT2D eigenvalue weighted by Crippen LogP contribution is 2.33. The van der Waals surface area contributed by atoms with Crippen molar-refractivity contribution < 1.29 is 24.8 Å². The Morgan fingerprint density at radius 1 is 1.28 bits per heavy atom. The lowest BCUT2D eigenvalue weighted by Gasteiger charge is -2.13. The Morgan fingerprint density at radius 2 is 2.14 bits per heavy atom. The number of hydrogen-bond donors (Lipinski definition) is 4. The third-order valence-electron chi connectivity index (χ3n) is 4.73. The molecule has 1 aliphatic rings. The van der Waals surface area contributed by atoms with Crippen LogP contribution in [0.1, 0.15) is 18.2 Å². The molecule has 0 unspecified atom stereocenters. The molecule has 0 saturated carbocycles. The minimum atomic E-state index is -0.521. The zero-order valence-electron chi connectivity index (χ0n) is 15.7. The maximum absolute atomic E-state index is 9.88. The molecule has 0 amide bonds. The van der Waals surface area contributed by atoms with Crippen LogP contribution in [0.3, 0.4) is 0 Å². The predicted octanol–water partition coefficient (Wildman–Crippen LogP) is 1.88. The average Bonchev–Trinajstić information content (AvgIpc) is 3.31. The van der Waals surface area contributed by atoms with Crippen molar-refractivity contribution in [1.82, 2.24) is 19.5 Å². The van der Waals surface area contributed by atoms with Gasteiger partial charge >= 0.3 is 0 Å². The molecule has 2 aromatic heterocycles. The van der Waals surface area contributed by atoms with Gasteiger partial charge in [0.15, 0.2) is 40.5 Å². The van der Waals surface area contributed by atoms with Gasteiger partial charge in [0, 0.05) is 6.54 Å². The van der Waals surface area contributed by atoms with Gasteiger partial charge in [-0.15, -0.1) is 0 Å². The Bertz CT molecular complexity index is 1060. The smallest absolute Gasteiger partial charge is 0.185 e. The second-order valence-corrected chi connectivity index (χ2v) is 6.53. The number of methoxy groups -OCH3 is 1. The molecule has 1 atom stereocenters. The number of aromatic hydroxyl groups is 1. The second-order valence-electron chi connectivity index (χ2n) is 6.53. The number of aliphatic hydroxyl groups is 2. The molecule has 3 aromatic rings. The lowest BCUT2D eigenvalue weighted by atomic mass is 10.1. The van der Waals surface area contributed by atoms with E-state index >= 15 is 0 Å². The van der Waals surface area contributed by atoms with Crippen LogP contribution in [0.4, 0.5) is 5.82 Å². The van der Waals surface area contributed by atoms with E-state index in [-0.39, 0.29) is 30.3 Å². The summed E-state index contributed by atoms with van der Waals surface area (Å²) >= 11 is 0. The Labute approximate surface area is 166 Å². The van der Waals surface area contributed by atoms with Gasteiger partial charge in [0.1, 0.15) is 25.0 Å². The van der Waals surface area contributed by atoms with E-state index in [4.69, 9.17) is 9.47 Å². The van der Waals surface area contributed by atoms with Gasteiger partial charge in [-0.25, -0.2) is 15.0 Å². The molecule has 0 radical (unpaired) electrons. The number of phenols is 1. The molecule has 29 heavy (non-hydrogen) atoms. The average molecular weight is 399 g/mol. The molecule has 0 saturated heterocycles. The first kappa shape index (κ1) is 18.8. The van der Waals surface area contributed by atoms with Crippen LogP contribution in [0, 0.1) is 0 Å². The third-order valence-corrected chi connectivity index (χ3v) is 4.73. The lowest BCUT2D eigenvalue weighted by Crippen LogP contribution is -2.10. The number of anilines is 1. The fourth-order valence-electron chi connectivity index (χ4n) is 3.25. The van der Waals surface area contributed by atoms with Crippen LogP contribution in [0.5, 0.6) is 11.5 Å². The van der Waals surface area contributed by atoms with Crippen LogP contribution in [-0.4, -0.2) is 55.1 Å². The lowest BCUT2D eigenvalue weighted by molar-refractivity contribution is 0.0656. The van der Waals surface area contributed by atoms with Crippen molar-refractivity contribution in [1.29, 1.82) is 0 Å². The Kier molecular flexibility index (Phi) is 5.09. The van der Waals surface area contributed by atoms with Gasteiger partial charge < -0.3 is 30.1 Å². The van der Waals surface area contributed by atoms with E-state index in [9.17, 15) is 15.3 Å². The van der Waals surface area contributed by atoms with Crippen LogP contribution in [-0.2, 0) is 11.2 Å². The van der Waals surface area contributed by atoms with Crippen molar-refractivity contribution in [2.24, 2.45) is 0 Å². The molecule has 0 aliphatic carbocycles. The number of ether oxygens (including phenoxy) is 2. The number of phenolic OH excluding ortho intramolecular Hbond substituents is 1. The van der Waals surface area contributed by atoms with Gasteiger partial charge in [-0.2, -0.15) is 0 Å². The maximum atomic E-state index is 9.88. The first-order chi connectivity index (χ1) is 14.1. The van der Waals surface area contributed by atoms with Crippen molar-refractivity contribution in [2.75, 3.05) is 25.6 Å². The normalized spacial score (nSPS) is 16.3. The highest BCUT2D eigenvalue weighted by molar-refractivity contribution is 5.82. The van der Waals surface area contributed by atoms with E-state index in [1.54, 1.807) is 23.0 Å². The molecule has 1 aromatic carbocycles. The molecule has 4 N–H and O–H groups in total. The molecule has 0 bridgehead atoms. The molecule has 10 nitrogen and oxygen atoms in total. The first-order valence-electron chi connectivity index (χ1n) is 9.06. The van der Waals surface area contributed by atoms with Crippen molar-refractivity contribution in [3.05, 3.63) is 47.9 Å². The molecular formula is C19H21N5O5. The van der Waals surface area contributed by atoms with Gasteiger partial charge in [-0.05, 0) is 24.1 Å². The predicted molar refractivity (Wildman–Crippen MR) is 104 cm³/mol. The summed E-state index contributed by atoms with van der Waals surface area (Å²) in [6.45, 7) is 0.208. The summed E-state index contributed by atoms with van der Waals surface area (Å²) in [5, 5.41) is 32.2. The van der Waals surface area contributed by atoms with E-state index in [1.165, 1.54) is 13.4 Å². The molecule has 152 valence electrons. The number of imidazole rings is 1. The van der Waals surface area contributed by atoms with Crippen LogP contribution in [0.2, 0.25) is 0 Å². The van der Waals surface area contributed by atoms with E-state index in [0.717, 1.165) is 5.56 Å². The van der Waals surface area contributed by atoms with E-state index in [0.29, 0.717) is 35.7 Å². The molecule has 1 aliphatic heterocycles. The summed E-state index contributed by atoms with van der Waals surface area (Å²) < 4.78 is 12.3. The van der Waals surface area contributed by atoms with E-state index in [2.05, 4.69) is 20.3 Å². The standard InChI is InChI=1S/C19H21N5O5/c1-28-14-3-2-11(6-12(14)26)4-5-20-18-17-19(22-9-21-18)24(10-23-17)16-7-13(27)15(8-25)29-16/h2-3,6,9-10,16,25-27H,4-5,7-8H2,1H3,(H,20,21,22)/t16-/m1/s1. The zero-order valence-corrected chi connectivity index (χ0v) is 15.7. The summed E-state index contributed by atoms with van der Waals surface area (Å²) in [4.78, 5) is 12.9. The van der Waals surface area contributed by atoms with Crippen LogP contribution >= 0.6 is 0 Å². The molecule has 0 fully saturated rings. The van der Waals surface area contributed by atoms with Gasteiger partial charge in [-0.1, -0.05) is 6.07 Å².